The molecular formula is C11H15FN2. The van der Waals surface area contributed by atoms with E-state index in [0.717, 1.165) is 11.6 Å². The molecule has 3 heteroatoms. The summed E-state index contributed by atoms with van der Waals surface area (Å²) in [4.78, 5) is 0. The van der Waals surface area contributed by atoms with Crippen LogP contribution in [0, 0.1) is 11.7 Å². The molecule has 14 heavy (non-hydrogen) atoms. The monoisotopic (exact) mass is 194 g/mol. The van der Waals surface area contributed by atoms with Crippen LogP contribution in [-0.2, 0) is 0 Å². The molecular weight excluding hydrogens is 179 g/mol. The van der Waals surface area contributed by atoms with Crippen LogP contribution in [0.2, 0.25) is 0 Å². The van der Waals surface area contributed by atoms with Crippen molar-refractivity contribution in [2.75, 3.05) is 11.1 Å². The van der Waals surface area contributed by atoms with Crippen molar-refractivity contribution in [1.29, 1.82) is 0 Å². The molecule has 1 saturated carbocycles. The van der Waals surface area contributed by atoms with Gasteiger partial charge < -0.3 is 11.1 Å². The Labute approximate surface area is 83.3 Å². The van der Waals surface area contributed by atoms with Crippen molar-refractivity contribution < 1.29 is 4.39 Å². The Morgan fingerprint density at radius 2 is 2.14 bits per heavy atom. The number of nitrogens with two attached hydrogens (primary N) is 1. The molecule has 76 valence electrons. The average molecular weight is 194 g/mol. The maximum Gasteiger partial charge on any atom is 0.127 e. The summed E-state index contributed by atoms with van der Waals surface area (Å²) in [6, 6.07) is 4.99. The Morgan fingerprint density at radius 1 is 1.43 bits per heavy atom. The van der Waals surface area contributed by atoms with Gasteiger partial charge in [-0.1, -0.05) is 0 Å². The van der Waals surface area contributed by atoms with E-state index in [9.17, 15) is 4.39 Å². The number of hydrogen-bond acceptors (Lipinski definition) is 2. The highest BCUT2D eigenvalue weighted by Crippen LogP contribution is 2.34. The van der Waals surface area contributed by atoms with Crippen LogP contribution >= 0.6 is 0 Å². The maximum atomic E-state index is 13.0. The topological polar surface area (TPSA) is 38.0 Å². The van der Waals surface area contributed by atoms with E-state index in [1.54, 1.807) is 6.07 Å². The second kappa shape index (κ2) is 3.48. The number of benzene rings is 1. The molecule has 1 aliphatic rings. The van der Waals surface area contributed by atoms with Gasteiger partial charge in [-0.3, -0.25) is 0 Å². The highest BCUT2D eigenvalue weighted by molar-refractivity contribution is 5.55. The van der Waals surface area contributed by atoms with E-state index in [1.807, 2.05) is 0 Å². The molecule has 0 bridgehead atoms. The van der Waals surface area contributed by atoms with Crippen LogP contribution in [0.1, 0.15) is 19.8 Å². The zero-order valence-corrected chi connectivity index (χ0v) is 8.26. The minimum Gasteiger partial charge on any atom is -0.399 e. The van der Waals surface area contributed by atoms with Crippen LogP contribution in [0.15, 0.2) is 18.2 Å². The molecule has 2 nitrogen and oxygen atoms in total. The van der Waals surface area contributed by atoms with Crippen LogP contribution in [0.3, 0.4) is 0 Å². The first-order valence-corrected chi connectivity index (χ1v) is 4.98. The predicted octanol–water partition coefficient (Wildman–Crippen LogP) is 2.62. The van der Waals surface area contributed by atoms with Gasteiger partial charge in [-0.05, 0) is 43.9 Å². The van der Waals surface area contributed by atoms with E-state index < -0.39 is 0 Å². The van der Waals surface area contributed by atoms with Crippen LogP contribution in [-0.4, -0.2) is 6.04 Å². The Kier molecular flexibility index (Phi) is 2.32. The van der Waals surface area contributed by atoms with Crippen LogP contribution in [0.25, 0.3) is 0 Å². The lowest BCUT2D eigenvalue weighted by molar-refractivity contribution is 0.627. The summed E-state index contributed by atoms with van der Waals surface area (Å²) in [6.07, 6.45) is 2.55. The SMILES string of the molecule is CC(Nc1cc(N)cc(F)c1)C1CC1. The van der Waals surface area contributed by atoms with Crippen molar-refractivity contribution in [3.8, 4) is 0 Å². The van der Waals surface area contributed by atoms with Crippen molar-refractivity contribution in [2.24, 2.45) is 5.92 Å². The Hall–Kier alpha value is -1.25. The van der Waals surface area contributed by atoms with E-state index >= 15 is 0 Å². The largest absolute Gasteiger partial charge is 0.399 e. The summed E-state index contributed by atoms with van der Waals surface area (Å²) >= 11 is 0. The minimum absolute atomic E-state index is 0.282. The minimum atomic E-state index is -0.282. The molecule has 0 aromatic heterocycles. The van der Waals surface area contributed by atoms with E-state index in [2.05, 4.69) is 12.2 Å². The second-order valence-electron chi connectivity index (χ2n) is 4.04. The van der Waals surface area contributed by atoms with Gasteiger partial charge in [-0.2, -0.15) is 0 Å². The molecule has 1 atom stereocenters. The van der Waals surface area contributed by atoms with Gasteiger partial charge in [0.05, 0.1) is 0 Å². The molecule has 0 spiro atoms. The van der Waals surface area contributed by atoms with Gasteiger partial charge in [0, 0.05) is 17.4 Å². The van der Waals surface area contributed by atoms with Gasteiger partial charge in [-0.15, -0.1) is 0 Å². The summed E-state index contributed by atoms with van der Waals surface area (Å²) in [5, 5.41) is 3.27. The molecule has 1 aliphatic carbocycles. The van der Waals surface area contributed by atoms with Crippen molar-refractivity contribution in [2.45, 2.75) is 25.8 Å². The average Bonchev–Trinajstić information content (AvgIpc) is 2.82. The van der Waals surface area contributed by atoms with Gasteiger partial charge >= 0.3 is 0 Å². The first kappa shape index (κ1) is 9.31. The van der Waals surface area contributed by atoms with Gasteiger partial charge in [0.25, 0.3) is 0 Å². The molecule has 0 heterocycles. The third-order valence-electron chi connectivity index (χ3n) is 2.64. The third-order valence-corrected chi connectivity index (χ3v) is 2.64. The van der Waals surface area contributed by atoms with Crippen LogP contribution in [0.5, 0.6) is 0 Å². The first-order chi connectivity index (χ1) is 6.65. The molecule has 0 saturated heterocycles. The molecule has 3 N–H and O–H groups in total. The van der Waals surface area contributed by atoms with Crippen molar-refractivity contribution in [3.63, 3.8) is 0 Å². The fourth-order valence-electron chi connectivity index (χ4n) is 1.67. The van der Waals surface area contributed by atoms with Gasteiger partial charge in [-0.25, -0.2) is 4.39 Å². The van der Waals surface area contributed by atoms with Crippen molar-refractivity contribution in [3.05, 3.63) is 24.0 Å². The van der Waals surface area contributed by atoms with Gasteiger partial charge in [0.15, 0.2) is 0 Å². The zero-order chi connectivity index (χ0) is 10.1. The predicted molar refractivity (Wildman–Crippen MR) is 56.6 cm³/mol. The number of anilines is 2. The van der Waals surface area contributed by atoms with E-state index in [-0.39, 0.29) is 5.82 Å². The molecule has 1 aromatic rings. The quantitative estimate of drug-likeness (QED) is 0.726. The highest BCUT2D eigenvalue weighted by Gasteiger charge is 2.27. The molecule has 1 unspecified atom stereocenters. The fourth-order valence-corrected chi connectivity index (χ4v) is 1.67. The van der Waals surface area contributed by atoms with Crippen LogP contribution < -0.4 is 11.1 Å². The van der Waals surface area contributed by atoms with Crippen molar-refractivity contribution in [1.82, 2.24) is 0 Å². The summed E-state index contributed by atoms with van der Waals surface area (Å²) < 4.78 is 13.0. The maximum absolute atomic E-state index is 13.0. The molecule has 0 radical (unpaired) electrons. The van der Waals surface area contributed by atoms with Crippen LogP contribution in [0.4, 0.5) is 15.8 Å². The summed E-state index contributed by atoms with van der Waals surface area (Å²) in [7, 11) is 0. The normalized spacial score (nSPS) is 17.9. The lowest BCUT2D eigenvalue weighted by Crippen LogP contribution is -2.17. The molecule has 1 aromatic carbocycles. The standard InChI is InChI=1S/C11H15FN2/c1-7(8-2-3-8)14-11-5-9(12)4-10(13)6-11/h4-8,14H,2-3,13H2,1H3. The Bertz CT molecular complexity index is 314. The van der Waals surface area contributed by atoms with Gasteiger partial charge in [0.1, 0.15) is 5.82 Å². The van der Waals surface area contributed by atoms with E-state index in [4.69, 9.17) is 5.73 Å². The zero-order valence-electron chi connectivity index (χ0n) is 8.26. The summed E-state index contributed by atoms with van der Waals surface area (Å²) in [5.41, 5.74) is 6.79. The number of rotatable bonds is 3. The third kappa shape index (κ3) is 2.16. The lowest BCUT2D eigenvalue weighted by atomic mass is 10.2. The first-order valence-electron chi connectivity index (χ1n) is 4.98. The molecule has 0 amide bonds. The summed E-state index contributed by atoms with van der Waals surface area (Å²) in [5.74, 6) is 0.468. The number of nitrogens with one attached hydrogen (secondary N) is 1. The number of halogens is 1. The Balaban J connectivity index is 2.07. The highest BCUT2D eigenvalue weighted by atomic mass is 19.1. The lowest BCUT2D eigenvalue weighted by Gasteiger charge is -2.14. The van der Waals surface area contributed by atoms with E-state index in [0.29, 0.717) is 11.7 Å². The second-order valence-corrected chi connectivity index (χ2v) is 4.04. The smallest absolute Gasteiger partial charge is 0.127 e. The van der Waals surface area contributed by atoms with E-state index in [1.165, 1.54) is 25.0 Å². The number of hydrogen-bond donors (Lipinski definition) is 2. The van der Waals surface area contributed by atoms with Crippen molar-refractivity contribution >= 4 is 11.4 Å². The molecule has 1 fully saturated rings. The summed E-state index contributed by atoms with van der Waals surface area (Å²) in [6.45, 7) is 2.12. The molecule has 0 aliphatic heterocycles. The Morgan fingerprint density at radius 3 is 2.71 bits per heavy atom. The molecule has 2 rings (SSSR count). The number of nitrogen functional groups attached to an aromatic ring is 1. The van der Waals surface area contributed by atoms with Gasteiger partial charge in [0.2, 0.25) is 0 Å². The fraction of sp³-hybridized carbons (Fsp3) is 0.455.